The van der Waals surface area contributed by atoms with Crippen LogP contribution in [0.4, 0.5) is 5.69 Å². The molecular weight excluding hydrogens is 321 g/mol. The summed E-state index contributed by atoms with van der Waals surface area (Å²) in [6.07, 6.45) is 1.41. The summed E-state index contributed by atoms with van der Waals surface area (Å²) < 4.78 is 22.6. The predicted octanol–water partition coefficient (Wildman–Crippen LogP) is 3.15. The van der Waals surface area contributed by atoms with Crippen LogP contribution < -0.4 is 5.32 Å². The molecule has 0 atom stereocenters. The Labute approximate surface area is 128 Å². The van der Waals surface area contributed by atoms with Gasteiger partial charge in [-0.3, -0.25) is 4.79 Å². The predicted molar refractivity (Wildman–Crippen MR) is 81.1 cm³/mol. The maximum absolute atomic E-state index is 11.9. The number of carbonyl (C=O) groups is 1. The Balaban J connectivity index is 1.90. The van der Waals surface area contributed by atoms with E-state index in [1.165, 1.54) is 0 Å². The van der Waals surface area contributed by atoms with Crippen LogP contribution in [0, 0.1) is 5.92 Å². The first-order valence-corrected chi connectivity index (χ1v) is 8.88. The Morgan fingerprint density at radius 3 is 2.25 bits per heavy atom. The van der Waals surface area contributed by atoms with Crippen molar-refractivity contribution in [3.63, 3.8) is 0 Å². The lowest BCUT2D eigenvalue weighted by Crippen LogP contribution is -2.26. The van der Waals surface area contributed by atoms with Gasteiger partial charge in [0.1, 0.15) is 9.84 Å². The maximum atomic E-state index is 11.9. The van der Waals surface area contributed by atoms with E-state index in [1.807, 2.05) is 0 Å². The van der Waals surface area contributed by atoms with Crippen LogP contribution in [-0.4, -0.2) is 25.8 Å². The normalized spacial score (nSPS) is 18.7. The molecule has 2 rings (SSSR count). The van der Waals surface area contributed by atoms with Gasteiger partial charge >= 0.3 is 0 Å². The fourth-order valence-electron chi connectivity index (χ4n) is 2.24. The molecule has 1 N–H and O–H groups in total. The van der Waals surface area contributed by atoms with Crippen molar-refractivity contribution in [1.82, 2.24) is 0 Å². The number of anilines is 1. The Bertz CT molecular complexity index is 582. The van der Waals surface area contributed by atoms with Crippen molar-refractivity contribution in [2.45, 2.75) is 19.3 Å². The van der Waals surface area contributed by atoms with E-state index in [1.54, 1.807) is 18.2 Å². The first kappa shape index (κ1) is 15.6. The average molecular weight is 336 g/mol. The van der Waals surface area contributed by atoms with Crippen LogP contribution in [0.15, 0.2) is 18.2 Å². The molecular formula is C13H15Cl2NO3S. The van der Waals surface area contributed by atoms with Gasteiger partial charge in [0.15, 0.2) is 0 Å². The van der Waals surface area contributed by atoms with Gasteiger partial charge in [0.05, 0.1) is 11.5 Å². The molecule has 1 saturated heterocycles. The lowest BCUT2D eigenvalue weighted by atomic mass is 9.98. The van der Waals surface area contributed by atoms with Gasteiger partial charge in [-0.25, -0.2) is 8.42 Å². The van der Waals surface area contributed by atoms with Crippen LogP contribution in [0.3, 0.4) is 0 Å². The van der Waals surface area contributed by atoms with Gasteiger partial charge in [-0.15, -0.1) is 0 Å². The molecule has 0 bridgehead atoms. The molecule has 0 aromatic heterocycles. The van der Waals surface area contributed by atoms with Crippen molar-refractivity contribution in [3.05, 3.63) is 28.2 Å². The molecule has 110 valence electrons. The lowest BCUT2D eigenvalue weighted by Gasteiger charge is -2.21. The van der Waals surface area contributed by atoms with E-state index in [9.17, 15) is 13.2 Å². The van der Waals surface area contributed by atoms with Crippen LogP contribution in [-0.2, 0) is 14.6 Å². The number of rotatable bonds is 3. The monoisotopic (exact) mass is 335 g/mol. The molecule has 1 amide bonds. The fraction of sp³-hybridized carbons (Fsp3) is 0.462. The standard InChI is InChI=1S/C13H15Cl2NO3S/c14-10-6-11(15)8-12(7-10)16-13(17)5-9-1-3-20(18,19)4-2-9/h6-9H,1-5H2,(H,16,17). The smallest absolute Gasteiger partial charge is 0.224 e. The Morgan fingerprint density at radius 1 is 1.15 bits per heavy atom. The number of amides is 1. The van der Waals surface area contributed by atoms with E-state index in [0.29, 0.717) is 35.0 Å². The molecule has 0 aliphatic carbocycles. The number of benzene rings is 1. The molecule has 1 aromatic rings. The van der Waals surface area contributed by atoms with Gasteiger partial charge in [-0.2, -0.15) is 0 Å². The largest absolute Gasteiger partial charge is 0.326 e. The lowest BCUT2D eigenvalue weighted by molar-refractivity contribution is -0.117. The first-order valence-electron chi connectivity index (χ1n) is 6.30. The number of hydrogen-bond acceptors (Lipinski definition) is 3. The molecule has 0 spiro atoms. The molecule has 1 fully saturated rings. The average Bonchev–Trinajstić information content (AvgIpc) is 2.30. The Hall–Kier alpha value is -0.780. The molecule has 1 aliphatic rings. The van der Waals surface area contributed by atoms with Gasteiger partial charge in [0, 0.05) is 22.2 Å². The van der Waals surface area contributed by atoms with Crippen molar-refractivity contribution in [3.8, 4) is 0 Å². The summed E-state index contributed by atoms with van der Waals surface area (Å²) >= 11 is 11.7. The molecule has 1 heterocycles. The van der Waals surface area contributed by atoms with Crippen molar-refractivity contribution in [2.75, 3.05) is 16.8 Å². The van der Waals surface area contributed by atoms with Crippen molar-refractivity contribution in [1.29, 1.82) is 0 Å². The Kier molecular flexibility index (Phi) is 4.94. The van der Waals surface area contributed by atoms with E-state index < -0.39 is 9.84 Å². The molecule has 7 heteroatoms. The minimum atomic E-state index is -2.89. The van der Waals surface area contributed by atoms with Crippen LogP contribution in [0.2, 0.25) is 10.0 Å². The van der Waals surface area contributed by atoms with Crippen molar-refractivity contribution < 1.29 is 13.2 Å². The zero-order chi connectivity index (χ0) is 14.8. The molecule has 0 radical (unpaired) electrons. The second kappa shape index (κ2) is 6.33. The minimum Gasteiger partial charge on any atom is -0.326 e. The van der Waals surface area contributed by atoms with Crippen LogP contribution >= 0.6 is 23.2 Å². The van der Waals surface area contributed by atoms with Crippen LogP contribution in [0.25, 0.3) is 0 Å². The van der Waals surface area contributed by atoms with Crippen LogP contribution in [0.1, 0.15) is 19.3 Å². The maximum Gasteiger partial charge on any atom is 0.224 e. The van der Waals surface area contributed by atoms with E-state index in [2.05, 4.69) is 5.32 Å². The highest BCUT2D eigenvalue weighted by Gasteiger charge is 2.25. The zero-order valence-corrected chi connectivity index (χ0v) is 13.1. The number of sulfone groups is 1. The minimum absolute atomic E-state index is 0.119. The van der Waals surface area contributed by atoms with Crippen molar-refractivity contribution >= 4 is 44.6 Å². The molecule has 20 heavy (non-hydrogen) atoms. The van der Waals surface area contributed by atoms with Gasteiger partial charge in [-0.1, -0.05) is 23.2 Å². The number of carbonyl (C=O) groups excluding carboxylic acids is 1. The van der Waals surface area contributed by atoms with E-state index in [4.69, 9.17) is 23.2 Å². The topological polar surface area (TPSA) is 63.2 Å². The molecule has 0 saturated carbocycles. The highest BCUT2D eigenvalue weighted by atomic mass is 35.5. The summed E-state index contributed by atoms with van der Waals surface area (Å²) in [5.74, 6) is 0.322. The van der Waals surface area contributed by atoms with Gasteiger partial charge in [0.25, 0.3) is 0 Å². The highest BCUT2D eigenvalue weighted by Crippen LogP contribution is 2.25. The van der Waals surface area contributed by atoms with E-state index in [-0.39, 0.29) is 23.3 Å². The quantitative estimate of drug-likeness (QED) is 0.922. The summed E-state index contributed by atoms with van der Waals surface area (Å²) in [5, 5.41) is 3.64. The van der Waals surface area contributed by atoms with E-state index in [0.717, 1.165) is 0 Å². The SMILES string of the molecule is O=C(CC1CCS(=O)(=O)CC1)Nc1cc(Cl)cc(Cl)c1. The summed E-state index contributed by atoms with van der Waals surface area (Å²) in [6, 6.07) is 4.83. The molecule has 1 aliphatic heterocycles. The van der Waals surface area contributed by atoms with Gasteiger partial charge < -0.3 is 5.32 Å². The third-order valence-electron chi connectivity index (χ3n) is 3.29. The van der Waals surface area contributed by atoms with Crippen LogP contribution in [0.5, 0.6) is 0 Å². The summed E-state index contributed by atoms with van der Waals surface area (Å²) in [7, 11) is -2.89. The zero-order valence-electron chi connectivity index (χ0n) is 10.7. The summed E-state index contributed by atoms with van der Waals surface area (Å²) in [4.78, 5) is 11.9. The summed E-state index contributed by atoms with van der Waals surface area (Å²) in [6.45, 7) is 0. The van der Waals surface area contributed by atoms with Gasteiger partial charge in [-0.05, 0) is 37.0 Å². The molecule has 4 nitrogen and oxygen atoms in total. The Morgan fingerprint density at radius 2 is 1.70 bits per heavy atom. The fourth-order valence-corrected chi connectivity index (χ4v) is 4.36. The molecule has 1 aromatic carbocycles. The molecule has 0 unspecified atom stereocenters. The third-order valence-corrected chi connectivity index (χ3v) is 5.45. The third kappa shape index (κ3) is 4.65. The second-order valence-corrected chi connectivity index (χ2v) is 8.18. The number of halogens is 2. The first-order chi connectivity index (χ1) is 9.34. The van der Waals surface area contributed by atoms with Crippen molar-refractivity contribution in [2.24, 2.45) is 5.92 Å². The summed E-state index contributed by atoms with van der Waals surface area (Å²) in [5.41, 5.74) is 0.552. The van der Waals surface area contributed by atoms with Gasteiger partial charge in [0.2, 0.25) is 5.91 Å². The number of hydrogen-bond donors (Lipinski definition) is 1. The van der Waals surface area contributed by atoms with E-state index >= 15 is 0 Å². The highest BCUT2D eigenvalue weighted by molar-refractivity contribution is 7.91. The number of nitrogens with one attached hydrogen (secondary N) is 1. The second-order valence-electron chi connectivity index (χ2n) is 5.01.